The van der Waals surface area contributed by atoms with Crippen molar-refractivity contribution in [3.63, 3.8) is 0 Å². The second kappa shape index (κ2) is 1.94. The summed E-state index contributed by atoms with van der Waals surface area (Å²) in [4.78, 5) is 2.30. The van der Waals surface area contributed by atoms with Gasteiger partial charge in [0.25, 0.3) is 0 Å². The zero-order chi connectivity index (χ0) is 7.19. The van der Waals surface area contributed by atoms with Gasteiger partial charge in [-0.05, 0) is 19.3 Å². The van der Waals surface area contributed by atoms with Crippen LogP contribution in [0.4, 0.5) is 4.39 Å². The third kappa shape index (κ3) is 0.656. The Labute approximate surface area is 61.2 Å². The summed E-state index contributed by atoms with van der Waals surface area (Å²) in [6, 6.07) is 0. The van der Waals surface area contributed by atoms with E-state index < -0.39 is 6.17 Å². The van der Waals surface area contributed by atoms with Crippen LogP contribution >= 0.6 is 0 Å². The van der Waals surface area contributed by atoms with E-state index in [0.717, 1.165) is 19.4 Å². The first-order valence-electron chi connectivity index (χ1n) is 4.16. The van der Waals surface area contributed by atoms with Crippen LogP contribution in [0.1, 0.15) is 26.2 Å². The SMILES string of the molecule is CCC12CCN1CC(F)C2. The highest BCUT2D eigenvalue weighted by atomic mass is 19.1. The summed E-state index contributed by atoms with van der Waals surface area (Å²) < 4.78 is 12.9. The van der Waals surface area contributed by atoms with Crippen LogP contribution in [0.5, 0.6) is 0 Å². The molecule has 0 aromatic carbocycles. The third-order valence-electron chi connectivity index (χ3n) is 3.20. The predicted octanol–water partition coefficient (Wildman–Crippen LogP) is 1.58. The van der Waals surface area contributed by atoms with Gasteiger partial charge in [0.05, 0.1) is 0 Å². The van der Waals surface area contributed by atoms with E-state index in [1.807, 2.05) is 0 Å². The fraction of sp³-hybridized carbons (Fsp3) is 1.00. The smallest absolute Gasteiger partial charge is 0.115 e. The summed E-state index contributed by atoms with van der Waals surface area (Å²) in [6.07, 6.45) is 2.61. The van der Waals surface area contributed by atoms with E-state index in [0.29, 0.717) is 12.1 Å². The number of hydrogen-bond donors (Lipinski definition) is 0. The van der Waals surface area contributed by atoms with Crippen molar-refractivity contribution in [3.8, 4) is 0 Å². The lowest BCUT2D eigenvalue weighted by Crippen LogP contribution is -2.54. The van der Waals surface area contributed by atoms with Crippen LogP contribution in [-0.2, 0) is 0 Å². The van der Waals surface area contributed by atoms with Crippen molar-refractivity contribution in [1.29, 1.82) is 0 Å². The van der Waals surface area contributed by atoms with E-state index in [4.69, 9.17) is 0 Å². The average molecular weight is 143 g/mol. The Kier molecular flexibility index (Phi) is 1.28. The van der Waals surface area contributed by atoms with E-state index in [1.165, 1.54) is 6.42 Å². The Hall–Kier alpha value is -0.110. The van der Waals surface area contributed by atoms with Gasteiger partial charge in [-0.25, -0.2) is 4.39 Å². The molecule has 0 bridgehead atoms. The molecule has 58 valence electrons. The lowest BCUT2D eigenvalue weighted by atomic mass is 9.82. The molecule has 0 N–H and O–H groups in total. The van der Waals surface area contributed by atoms with Gasteiger partial charge in [0, 0.05) is 18.6 Å². The minimum Gasteiger partial charge on any atom is -0.295 e. The van der Waals surface area contributed by atoms with Gasteiger partial charge in [-0.1, -0.05) is 6.92 Å². The van der Waals surface area contributed by atoms with Crippen LogP contribution in [-0.4, -0.2) is 29.7 Å². The van der Waals surface area contributed by atoms with E-state index in [-0.39, 0.29) is 0 Å². The van der Waals surface area contributed by atoms with Gasteiger partial charge in [-0.2, -0.15) is 0 Å². The van der Waals surface area contributed by atoms with Crippen LogP contribution < -0.4 is 0 Å². The number of rotatable bonds is 1. The van der Waals surface area contributed by atoms with Crippen molar-refractivity contribution < 1.29 is 4.39 Å². The molecule has 0 saturated carbocycles. The molecule has 0 spiro atoms. The largest absolute Gasteiger partial charge is 0.295 e. The first-order chi connectivity index (χ1) is 4.77. The summed E-state index contributed by atoms with van der Waals surface area (Å²) in [7, 11) is 0. The molecular weight excluding hydrogens is 129 g/mol. The molecule has 2 heteroatoms. The maximum Gasteiger partial charge on any atom is 0.115 e. The Morgan fingerprint density at radius 2 is 2.50 bits per heavy atom. The van der Waals surface area contributed by atoms with E-state index in [9.17, 15) is 4.39 Å². The summed E-state index contributed by atoms with van der Waals surface area (Å²) in [5, 5.41) is 0. The summed E-state index contributed by atoms with van der Waals surface area (Å²) in [5.41, 5.74) is 0.305. The van der Waals surface area contributed by atoms with Crippen molar-refractivity contribution in [2.24, 2.45) is 0 Å². The standard InChI is InChI=1S/C8H14FN/c1-2-8-3-4-10(8)6-7(9)5-8/h7H,2-6H2,1H3. The van der Waals surface area contributed by atoms with Crippen molar-refractivity contribution in [1.82, 2.24) is 4.90 Å². The third-order valence-corrected chi connectivity index (χ3v) is 3.20. The van der Waals surface area contributed by atoms with Crippen LogP contribution in [0.3, 0.4) is 0 Å². The molecule has 2 aliphatic rings. The fourth-order valence-electron chi connectivity index (χ4n) is 2.36. The normalized spacial score (nSPS) is 46.8. The van der Waals surface area contributed by atoms with Gasteiger partial charge in [0.2, 0.25) is 0 Å². The van der Waals surface area contributed by atoms with Crippen molar-refractivity contribution in [3.05, 3.63) is 0 Å². The Balaban J connectivity index is 2.10. The number of fused-ring (bicyclic) bond motifs is 1. The molecule has 0 aromatic heterocycles. The molecule has 2 fully saturated rings. The molecule has 0 aromatic rings. The zero-order valence-electron chi connectivity index (χ0n) is 6.44. The number of hydrogen-bond acceptors (Lipinski definition) is 1. The molecule has 0 amide bonds. The van der Waals surface area contributed by atoms with Gasteiger partial charge in [0.1, 0.15) is 6.17 Å². The molecule has 2 atom stereocenters. The maximum absolute atomic E-state index is 12.9. The first kappa shape index (κ1) is 6.59. The Bertz CT molecular complexity index is 144. The van der Waals surface area contributed by atoms with Crippen molar-refractivity contribution in [2.45, 2.75) is 37.9 Å². The van der Waals surface area contributed by atoms with Gasteiger partial charge in [-0.15, -0.1) is 0 Å². The highest BCUT2D eigenvalue weighted by Gasteiger charge is 2.50. The van der Waals surface area contributed by atoms with Gasteiger partial charge in [-0.3, -0.25) is 4.90 Å². The second-order valence-electron chi connectivity index (χ2n) is 3.58. The van der Waals surface area contributed by atoms with Crippen molar-refractivity contribution in [2.75, 3.05) is 13.1 Å². The Morgan fingerprint density at radius 3 is 2.80 bits per heavy atom. The maximum atomic E-state index is 12.9. The molecule has 0 radical (unpaired) electrons. The highest BCUT2D eigenvalue weighted by molar-refractivity contribution is 5.05. The second-order valence-corrected chi connectivity index (χ2v) is 3.58. The van der Waals surface area contributed by atoms with Gasteiger partial charge in [0.15, 0.2) is 0 Å². The molecule has 1 nitrogen and oxygen atoms in total. The van der Waals surface area contributed by atoms with E-state index in [2.05, 4.69) is 11.8 Å². The molecule has 2 unspecified atom stereocenters. The fourth-order valence-corrected chi connectivity index (χ4v) is 2.36. The predicted molar refractivity (Wildman–Crippen MR) is 38.7 cm³/mol. The minimum absolute atomic E-state index is 0.305. The quantitative estimate of drug-likeness (QED) is 0.538. The number of nitrogens with zero attached hydrogens (tertiary/aromatic N) is 1. The first-order valence-corrected chi connectivity index (χ1v) is 4.16. The average Bonchev–Trinajstić information content (AvgIpc) is 2.11. The molecular formula is C8H14FN. The number of alkyl halides is 1. The molecule has 2 aliphatic heterocycles. The summed E-state index contributed by atoms with van der Waals surface area (Å²) in [5.74, 6) is 0. The van der Waals surface area contributed by atoms with Gasteiger partial charge < -0.3 is 0 Å². The molecule has 2 saturated heterocycles. The van der Waals surface area contributed by atoms with Crippen LogP contribution in [0, 0.1) is 0 Å². The molecule has 2 rings (SSSR count). The van der Waals surface area contributed by atoms with E-state index in [1.54, 1.807) is 0 Å². The van der Waals surface area contributed by atoms with Crippen LogP contribution in [0.15, 0.2) is 0 Å². The van der Waals surface area contributed by atoms with Gasteiger partial charge >= 0.3 is 0 Å². The molecule has 10 heavy (non-hydrogen) atoms. The summed E-state index contributed by atoms with van der Waals surface area (Å²) >= 11 is 0. The van der Waals surface area contributed by atoms with Crippen LogP contribution in [0.2, 0.25) is 0 Å². The zero-order valence-corrected chi connectivity index (χ0v) is 6.44. The summed E-state index contributed by atoms with van der Waals surface area (Å²) in [6.45, 7) is 4.01. The van der Waals surface area contributed by atoms with Crippen molar-refractivity contribution >= 4 is 0 Å². The highest BCUT2D eigenvalue weighted by Crippen LogP contribution is 2.43. The van der Waals surface area contributed by atoms with E-state index >= 15 is 0 Å². The minimum atomic E-state index is -0.539. The topological polar surface area (TPSA) is 3.24 Å². The lowest BCUT2D eigenvalue weighted by molar-refractivity contribution is 0.0244. The monoisotopic (exact) mass is 143 g/mol. The molecule has 2 heterocycles. The Morgan fingerprint density at radius 1 is 1.70 bits per heavy atom. The lowest BCUT2D eigenvalue weighted by Gasteiger charge is -2.47. The number of halogens is 1. The van der Waals surface area contributed by atoms with Crippen LogP contribution in [0.25, 0.3) is 0 Å². The molecule has 0 aliphatic carbocycles.